The van der Waals surface area contributed by atoms with Crippen molar-refractivity contribution >= 4 is 47.4 Å². The van der Waals surface area contributed by atoms with Crippen molar-refractivity contribution in [3.8, 4) is 0 Å². The molecule has 0 fully saturated rings. The zero-order valence-corrected chi connectivity index (χ0v) is 16.1. The van der Waals surface area contributed by atoms with Gasteiger partial charge in [0, 0.05) is 38.1 Å². The summed E-state index contributed by atoms with van der Waals surface area (Å²) in [5.41, 5.74) is 1.00. The van der Waals surface area contributed by atoms with Gasteiger partial charge in [-0.05, 0) is 18.1 Å². The standard InChI is InChI=1S/C15H23ClN4O.HI/c1-3-9-18-14(21)8-10-19-15(17-2)20-11-12-6-4-5-7-13(12)16;/h4-7H,3,8-11H2,1-2H3,(H,18,21)(H2,17,19,20);1H. The highest BCUT2D eigenvalue weighted by molar-refractivity contribution is 14.0. The second-order valence-electron chi connectivity index (χ2n) is 4.54. The normalized spacial score (nSPS) is 10.6. The third kappa shape index (κ3) is 8.43. The van der Waals surface area contributed by atoms with Crippen molar-refractivity contribution in [2.24, 2.45) is 4.99 Å². The number of nitrogens with zero attached hydrogens (tertiary/aromatic N) is 1. The molecular formula is C15H24ClIN4O. The highest BCUT2D eigenvalue weighted by Gasteiger charge is 2.03. The first-order valence-electron chi connectivity index (χ1n) is 7.12. The first kappa shape index (κ1) is 21.0. The fourth-order valence-electron chi connectivity index (χ4n) is 1.69. The number of amides is 1. The van der Waals surface area contributed by atoms with E-state index in [9.17, 15) is 4.79 Å². The Bertz CT molecular complexity index is 482. The molecule has 22 heavy (non-hydrogen) atoms. The number of hydrogen-bond donors (Lipinski definition) is 3. The Morgan fingerprint density at radius 2 is 1.91 bits per heavy atom. The maximum Gasteiger partial charge on any atom is 0.221 e. The molecule has 1 amide bonds. The van der Waals surface area contributed by atoms with Crippen LogP contribution in [-0.4, -0.2) is 32.0 Å². The molecule has 1 aromatic carbocycles. The summed E-state index contributed by atoms with van der Waals surface area (Å²) >= 11 is 6.09. The van der Waals surface area contributed by atoms with Crippen molar-refractivity contribution < 1.29 is 4.79 Å². The van der Waals surface area contributed by atoms with Crippen LogP contribution in [-0.2, 0) is 11.3 Å². The van der Waals surface area contributed by atoms with Crippen LogP contribution in [0.3, 0.4) is 0 Å². The van der Waals surface area contributed by atoms with Gasteiger partial charge in [-0.2, -0.15) is 0 Å². The lowest BCUT2D eigenvalue weighted by molar-refractivity contribution is -0.120. The Balaban J connectivity index is 0.00000441. The van der Waals surface area contributed by atoms with Gasteiger partial charge in [0.2, 0.25) is 5.91 Å². The molecule has 0 spiro atoms. The number of benzene rings is 1. The van der Waals surface area contributed by atoms with E-state index in [2.05, 4.69) is 20.9 Å². The lowest BCUT2D eigenvalue weighted by atomic mass is 10.2. The molecule has 0 aliphatic heterocycles. The van der Waals surface area contributed by atoms with E-state index in [0.29, 0.717) is 25.5 Å². The van der Waals surface area contributed by atoms with E-state index < -0.39 is 0 Å². The Kier molecular flexibility index (Phi) is 11.9. The van der Waals surface area contributed by atoms with Crippen molar-refractivity contribution in [2.75, 3.05) is 20.1 Å². The third-order valence-corrected chi connectivity index (χ3v) is 3.21. The van der Waals surface area contributed by atoms with Crippen LogP contribution in [0.2, 0.25) is 5.02 Å². The molecule has 124 valence electrons. The lowest BCUT2D eigenvalue weighted by Gasteiger charge is -2.12. The van der Waals surface area contributed by atoms with E-state index in [0.717, 1.165) is 23.6 Å². The number of nitrogens with one attached hydrogen (secondary N) is 3. The van der Waals surface area contributed by atoms with Crippen molar-refractivity contribution in [2.45, 2.75) is 26.3 Å². The smallest absolute Gasteiger partial charge is 0.221 e. The molecule has 0 saturated carbocycles. The SMILES string of the molecule is CCCNC(=O)CCNC(=NC)NCc1ccccc1Cl.I. The molecule has 0 aromatic heterocycles. The summed E-state index contributed by atoms with van der Waals surface area (Å²) in [6.45, 7) is 3.87. The van der Waals surface area contributed by atoms with E-state index in [-0.39, 0.29) is 29.9 Å². The van der Waals surface area contributed by atoms with E-state index in [1.54, 1.807) is 7.05 Å². The molecule has 0 aliphatic carbocycles. The molecule has 0 saturated heterocycles. The number of rotatable bonds is 7. The van der Waals surface area contributed by atoms with Gasteiger partial charge >= 0.3 is 0 Å². The quantitative estimate of drug-likeness (QED) is 0.348. The highest BCUT2D eigenvalue weighted by atomic mass is 127. The first-order valence-corrected chi connectivity index (χ1v) is 7.49. The third-order valence-electron chi connectivity index (χ3n) is 2.84. The summed E-state index contributed by atoms with van der Waals surface area (Å²) in [5, 5.41) is 9.82. The molecule has 0 bridgehead atoms. The van der Waals surface area contributed by atoms with Gasteiger partial charge in [0.1, 0.15) is 0 Å². The second-order valence-corrected chi connectivity index (χ2v) is 4.95. The summed E-state index contributed by atoms with van der Waals surface area (Å²) in [5.74, 6) is 0.698. The van der Waals surface area contributed by atoms with Crippen LogP contribution in [0.5, 0.6) is 0 Å². The molecule has 3 N–H and O–H groups in total. The highest BCUT2D eigenvalue weighted by Crippen LogP contribution is 2.13. The number of carbonyl (C=O) groups excluding carboxylic acids is 1. The van der Waals surface area contributed by atoms with E-state index in [4.69, 9.17) is 11.6 Å². The molecular weight excluding hydrogens is 415 g/mol. The van der Waals surface area contributed by atoms with E-state index in [1.807, 2.05) is 31.2 Å². The van der Waals surface area contributed by atoms with Gasteiger partial charge in [0.15, 0.2) is 5.96 Å². The summed E-state index contributed by atoms with van der Waals surface area (Å²) < 4.78 is 0. The van der Waals surface area contributed by atoms with Crippen LogP contribution in [0.1, 0.15) is 25.3 Å². The van der Waals surface area contributed by atoms with Gasteiger partial charge in [-0.15, -0.1) is 24.0 Å². The maximum absolute atomic E-state index is 11.5. The van der Waals surface area contributed by atoms with Crippen LogP contribution < -0.4 is 16.0 Å². The van der Waals surface area contributed by atoms with Crippen LogP contribution in [0.25, 0.3) is 0 Å². The van der Waals surface area contributed by atoms with Gasteiger partial charge in [0.25, 0.3) is 0 Å². The van der Waals surface area contributed by atoms with Crippen molar-refractivity contribution in [3.63, 3.8) is 0 Å². The minimum Gasteiger partial charge on any atom is -0.356 e. The monoisotopic (exact) mass is 438 g/mol. The fraction of sp³-hybridized carbons (Fsp3) is 0.467. The Labute approximate surface area is 154 Å². The molecule has 0 aliphatic rings. The van der Waals surface area contributed by atoms with E-state index in [1.165, 1.54) is 0 Å². The second kappa shape index (κ2) is 12.5. The van der Waals surface area contributed by atoms with Gasteiger partial charge in [0.05, 0.1) is 0 Å². The average molecular weight is 439 g/mol. The fourth-order valence-corrected chi connectivity index (χ4v) is 1.89. The zero-order chi connectivity index (χ0) is 15.5. The first-order chi connectivity index (χ1) is 10.2. The molecule has 0 radical (unpaired) electrons. The minimum absolute atomic E-state index is 0. The summed E-state index contributed by atoms with van der Waals surface area (Å²) in [6, 6.07) is 7.65. The van der Waals surface area contributed by atoms with Crippen LogP contribution >= 0.6 is 35.6 Å². The molecule has 7 heteroatoms. The van der Waals surface area contributed by atoms with Gasteiger partial charge in [-0.1, -0.05) is 36.7 Å². The van der Waals surface area contributed by atoms with Gasteiger partial charge in [-0.3, -0.25) is 9.79 Å². The molecule has 1 aromatic rings. The van der Waals surface area contributed by atoms with Crippen molar-refractivity contribution in [3.05, 3.63) is 34.9 Å². The molecule has 0 unspecified atom stereocenters. The molecule has 0 atom stereocenters. The number of carbonyl (C=O) groups is 1. The summed E-state index contributed by atoms with van der Waals surface area (Å²) in [7, 11) is 1.69. The Morgan fingerprint density at radius 3 is 2.55 bits per heavy atom. The Morgan fingerprint density at radius 1 is 1.18 bits per heavy atom. The van der Waals surface area contributed by atoms with Crippen LogP contribution in [0.15, 0.2) is 29.3 Å². The zero-order valence-electron chi connectivity index (χ0n) is 13.0. The molecule has 0 heterocycles. The predicted molar refractivity (Wildman–Crippen MR) is 103 cm³/mol. The van der Waals surface area contributed by atoms with Crippen LogP contribution in [0, 0.1) is 0 Å². The summed E-state index contributed by atoms with van der Waals surface area (Å²) in [6.07, 6.45) is 1.37. The number of hydrogen-bond acceptors (Lipinski definition) is 2. The van der Waals surface area contributed by atoms with Crippen molar-refractivity contribution in [1.29, 1.82) is 0 Å². The van der Waals surface area contributed by atoms with Gasteiger partial charge < -0.3 is 16.0 Å². The topological polar surface area (TPSA) is 65.5 Å². The molecule has 1 rings (SSSR count). The Hall–Kier alpha value is -1.02. The molecule has 5 nitrogen and oxygen atoms in total. The average Bonchev–Trinajstić information content (AvgIpc) is 2.50. The predicted octanol–water partition coefficient (Wildman–Crippen LogP) is 2.54. The summed E-state index contributed by atoms with van der Waals surface area (Å²) in [4.78, 5) is 15.6. The minimum atomic E-state index is 0. The van der Waals surface area contributed by atoms with Crippen LogP contribution in [0.4, 0.5) is 0 Å². The van der Waals surface area contributed by atoms with E-state index >= 15 is 0 Å². The number of aliphatic imine (C=N–C) groups is 1. The largest absolute Gasteiger partial charge is 0.356 e. The lowest BCUT2D eigenvalue weighted by Crippen LogP contribution is -2.39. The number of halogens is 2. The van der Waals surface area contributed by atoms with Crippen molar-refractivity contribution in [1.82, 2.24) is 16.0 Å². The maximum atomic E-state index is 11.5. The van der Waals surface area contributed by atoms with Gasteiger partial charge in [-0.25, -0.2) is 0 Å². The number of guanidine groups is 1.